The van der Waals surface area contributed by atoms with Gasteiger partial charge in [0.05, 0.1) is 19.8 Å². The number of hydrogen-bond donors (Lipinski definition) is 2. The molecule has 4 nitrogen and oxygen atoms in total. The average molecular weight is 249 g/mol. The van der Waals surface area contributed by atoms with Gasteiger partial charge in [-0.3, -0.25) is 0 Å². The molecule has 0 amide bonds. The van der Waals surface area contributed by atoms with Crippen molar-refractivity contribution in [1.82, 2.24) is 5.32 Å². The van der Waals surface area contributed by atoms with Crippen molar-refractivity contribution in [1.29, 1.82) is 0 Å². The Labute approximate surface area is 107 Å². The first-order valence-electron chi connectivity index (χ1n) is 6.19. The second-order valence-corrected chi connectivity index (χ2v) is 4.15. The third kappa shape index (κ3) is 3.10. The Hall–Kier alpha value is -1.36. The van der Waals surface area contributed by atoms with Crippen LogP contribution in [0.2, 0.25) is 0 Å². The van der Waals surface area contributed by atoms with E-state index in [4.69, 9.17) is 14.3 Å². The number of aryl methyl sites for hydroxylation is 1. The smallest absolute Gasteiger partial charge is 0.134 e. The largest absolute Gasteiger partial charge is 0.461 e. The Morgan fingerprint density at radius 3 is 2.94 bits per heavy atom. The van der Waals surface area contributed by atoms with Crippen LogP contribution in [0, 0.1) is 6.92 Å². The quantitative estimate of drug-likeness (QED) is 0.735. The SMILES string of the molecule is Cc1oc2ccccc2c1CNCCOCCO. The van der Waals surface area contributed by atoms with E-state index < -0.39 is 0 Å². The molecule has 0 unspecified atom stereocenters. The van der Waals surface area contributed by atoms with Crippen LogP contribution in [0.3, 0.4) is 0 Å². The monoisotopic (exact) mass is 249 g/mol. The van der Waals surface area contributed by atoms with Crippen molar-refractivity contribution in [2.45, 2.75) is 13.5 Å². The Kier molecular flexibility index (Phi) is 4.75. The molecule has 0 bridgehead atoms. The minimum absolute atomic E-state index is 0.0749. The minimum Gasteiger partial charge on any atom is -0.461 e. The van der Waals surface area contributed by atoms with Gasteiger partial charge in [0.15, 0.2) is 0 Å². The van der Waals surface area contributed by atoms with E-state index in [9.17, 15) is 0 Å². The second-order valence-electron chi connectivity index (χ2n) is 4.15. The molecule has 98 valence electrons. The van der Waals surface area contributed by atoms with Gasteiger partial charge in [-0.05, 0) is 13.0 Å². The van der Waals surface area contributed by atoms with E-state index in [1.54, 1.807) is 0 Å². The van der Waals surface area contributed by atoms with Crippen LogP contribution in [-0.4, -0.2) is 31.5 Å². The lowest BCUT2D eigenvalue weighted by Gasteiger charge is -2.05. The van der Waals surface area contributed by atoms with E-state index in [-0.39, 0.29) is 6.61 Å². The maximum Gasteiger partial charge on any atom is 0.134 e. The van der Waals surface area contributed by atoms with Crippen LogP contribution in [0.5, 0.6) is 0 Å². The van der Waals surface area contributed by atoms with Gasteiger partial charge in [0.2, 0.25) is 0 Å². The van der Waals surface area contributed by atoms with E-state index >= 15 is 0 Å². The van der Waals surface area contributed by atoms with Crippen molar-refractivity contribution in [3.63, 3.8) is 0 Å². The van der Waals surface area contributed by atoms with E-state index in [2.05, 4.69) is 11.4 Å². The van der Waals surface area contributed by atoms with Crippen LogP contribution in [0.15, 0.2) is 28.7 Å². The first-order chi connectivity index (χ1) is 8.83. The molecule has 18 heavy (non-hydrogen) atoms. The molecule has 0 saturated heterocycles. The van der Waals surface area contributed by atoms with Crippen molar-refractivity contribution in [3.8, 4) is 0 Å². The van der Waals surface area contributed by atoms with Gasteiger partial charge in [-0.15, -0.1) is 0 Å². The molecule has 1 aromatic carbocycles. The lowest BCUT2D eigenvalue weighted by atomic mass is 10.1. The molecular weight excluding hydrogens is 230 g/mol. The van der Waals surface area contributed by atoms with Gasteiger partial charge < -0.3 is 19.6 Å². The van der Waals surface area contributed by atoms with Gasteiger partial charge in [0.25, 0.3) is 0 Å². The van der Waals surface area contributed by atoms with Crippen molar-refractivity contribution in [3.05, 3.63) is 35.6 Å². The molecule has 1 aromatic heterocycles. The highest BCUT2D eigenvalue weighted by molar-refractivity contribution is 5.82. The summed E-state index contributed by atoms with van der Waals surface area (Å²) in [5.41, 5.74) is 2.14. The van der Waals surface area contributed by atoms with Gasteiger partial charge in [-0.1, -0.05) is 18.2 Å². The minimum atomic E-state index is 0.0749. The van der Waals surface area contributed by atoms with Gasteiger partial charge in [0.1, 0.15) is 11.3 Å². The number of benzene rings is 1. The van der Waals surface area contributed by atoms with Crippen molar-refractivity contribution in [2.75, 3.05) is 26.4 Å². The number of aliphatic hydroxyl groups is 1. The summed E-state index contributed by atoms with van der Waals surface area (Å²) in [6.45, 7) is 4.60. The molecule has 0 atom stereocenters. The highest BCUT2D eigenvalue weighted by Crippen LogP contribution is 2.24. The van der Waals surface area contributed by atoms with Crippen LogP contribution in [0.25, 0.3) is 11.0 Å². The standard InChI is InChI=1S/C14H19NO3/c1-11-13(10-15-6-8-17-9-7-16)12-4-2-3-5-14(12)18-11/h2-5,15-16H,6-10H2,1H3. The van der Waals surface area contributed by atoms with Crippen LogP contribution in [0.1, 0.15) is 11.3 Å². The predicted molar refractivity (Wildman–Crippen MR) is 70.6 cm³/mol. The normalized spacial score (nSPS) is 11.2. The van der Waals surface area contributed by atoms with E-state index in [0.717, 1.165) is 24.4 Å². The fourth-order valence-corrected chi connectivity index (χ4v) is 1.97. The molecule has 2 rings (SSSR count). The summed E-state index contributed by atoms with van der Waals surface area (Å²) in [5.74, 6) is 0.958. The van der Waals surface area contributed by atoms with Crippen molar-refractivity contribution < 1.29 is 14.3 Å². The number of aliphatic hydroxyl groups excluding tert-OH is 1. The van der Waals surface area contributed by atoms with Gasteiger partial charge in [0, 0.05) is 24.0 Å². The Morgan fingerprint density at radius 2 is 2.11 bits per heavy atom. The third-order valence-electron chi connectivity index (χ3n) is 2.86. The topological polar surface area (TPSA) is 54.6 Å². The number of para-hydroxylation sites is 1. The average Bonchev–Trinajstić information content (AvgIpc) is 2.70. The number of hydrogen-bond acceptors (Lipinski definition) is 4. The summed E-state index contributed by atoms with van der Waals surface area (Å²) in [5, 5.41) is 13.0. The maximum absolute atomic E-state index is 8.57. The number of fused-ring (bicyclic) bond motifs is 1. The predicted octanol–water partition coefficient (Wildman–Crippen LogP) is 1.84. The van der Waals surface area contributed by atoms with E-state index in [1.807, 2.05) is 25.1 Å². The van der Waals surface area contributed by atoms with Gasteiger partial charge in [-0.25, -0.2) is 0 Å². The highest BCUT2D eigenvalue weighted by Gasteiger charge is 2.09. The highest BCUT2D eigenvalue weighted by atomic mass is 16.5. The number of nitrogens with one attached hydrogen (secondary N) is 1. The fourth-order valence-electron chi connectivity index (χ4n) is 1.97. The van der Waals surface area contributed by atoms with Crippen LogP contribution < -0.4 is 5.32 Å². The fraction of sp³-hybridized carbons (Fsp3) is 0.429. The molecule has 0 spiro atoms. The van der Waals surface area contributed by atoms with E-state index in [1.165, 1.54) is 10.9 Å². The summed E-state index contributed by atoms with van der Waals surface area (Å²) in [7, 11) is 0. The number of furan rings is 1. The maximum atomic E-state index is 8.57. The molecular formula is C14H19NO3. The van der Waals surface area contributed by atoms with Crippen LogP contribution in [-0.2, 0) is 11.3 Å². The molecule has 0 aliphatic carbocycles. The van der Waals surface area contributed by atoms with Crippen LogP contribution >= 0.6 is 0 Å². The van der Waals surface area contributed by atoms with Crippen molar-refractivity contribution in [2.24, 2.45) is 0 Å². The van der Waals surface area contributed by atoms with Crippen LogP contribution in [0.4, 0.5) is 0 Å². The zero-order chi connectivity index (χ0) is 12.8. The molecule has 2 N–H and O–H groups in total. The number of rotatable bonds is 7. The Balaban J connectivity index is 1.89. The zero-order valence-electron chi connectivity index (χ0n) is 10.6. The summed E-state index contributed by atoms with van der Waals surface area (Å²) >= 11 is 0. The lowest BCUT2D eigenvalue weighted by Crippen LogP contribution is -2.20. The molecule has 1 heterocycles. The molecule has 0 aliphatic heterocycles. The van der Waals surface area contributed by atoms with Gasteiger partial charge >= 0.3 is 0 Å². The summed E-state index contributed by atoms with van der Waals surface area (Å²) < 4.78 is 10.9. The molecule has 0 saturated carbocycles. The van der Waals surface area contributed by atoms with Crippen molar-refractivity contribution >= 4 is 11.0 Å². The summed E-state index contributed by atoms with van der Waals surface area (Å²) in [6.07, 6.45) is 0. The second kappa shape index (κ2) is 6.54. The first-order valence-corrected chi connectivity index (χ1v) is 6.19. The molecule has 0 fully saturated rings. The lowest BCUT2D eigenvalue weighted by molar-refractivity contribution is 0.0938. The molecule has 4 heteroatoms. The first kappa shape index (κ1) is 13.1. The summed E-state index contributed by atoms with van der Waals surface area (Å²) in [6, 6.07) is 8.05. The summed E-state index contributed by atoms with van der Waals surface area (Å²) in [4.78, 5) is 0. The number of ether oxygens (including phenoxy) is 1. The zero-order valence-corrected chi connectivity index (χ0v) is 10.6. The Morgan fingerprint density at radius 1 is 1.28 bits per heavy atom. The Bertz CT molecular complexity index is 493. The molecule has 0 aliphatic rings. The van der Waals surface area contributed by atoms with Gasteiger partial charge in [-0.2, -0.15) is 0 Å². The molecule has 2 aromatic rings. The third-order valence-corrected chi connectivity index (χ3v) is 2.86. The molecule has 0 radical (unpaired) electrons. The van der Waals surface area contributed by atoms with E-state index in [0.29, 0.717) is 13.2 Å².